The van der Waals surface area contributed by atoms with Gasteiger partial charge in [0.05, 0.1) is 5.41 Å². The quantitative estimate of drug-likeness (QED) is 0.454. The average Bonchev–Trinajstić information content (AvgIpc) is 3.43. The number of nitrogens with one attached hydrogen (secondary N) is 1. The van der Waals surface area contributed by atoms with E-state index in [1.807, 2.05) is 13.1 Å². The largest absolute Gasteiger partial charge is 0.321 e. The summed E-state index contributed by atoms with van der Waals surface area (Å²) in [6.45, 7) is 7.78. The van der Waals surface area contributed by atoms with Crippen molar-refractivity contribution in [3.8, 4) is 0 Å². The monoisotopic (exact) mass is 524 g/mol. The van der Waals surface area contributed by atoms with Crippen LogP contribution >= 0.6 is 0 Å². The summed E-state index contributed by atoms with van der Waals surface area (Å²) in [6.07, 6.45) is 11.4. The zero-order valence-electron chi connectivity index (χ0n) is 23.5. The number of anilines is 1. The molecule has 2 saturated carbocycles. The lowest BCUT2D eigenvalue weighted by Crippen LogP contribution is -2.45. The predicted octanol–water partition coefficient (Wildman–Crippen LogP) is 5.60. The fourth-order valence-corrected chi connectivity index (χ4v) is 7.83. The number of nitrogens with zero attached hydrogens (tertiary/aromatic N) is 5. The second-order valence-corrected chi connectivity index (χ2v) is 13.2. The second-order valence-electron chi connectivity index (χ2n) is 13.2. The molecule has 1 aliphatic heterocycles. The van der Waals surface area contributed by atoms with E-state index >= 15 is 0 Å². The van der Waals surface area contributed by atoms with Gasteiger partial charge in [-0.25, -0.2) is 4.98 Å². The molecule has 3 aliphatic carbocycles. The molecule has 7 rings (SSSR count). The Morgan fingerprint density at radius 2 is 2.00 bits per heavy atom. The van der Waals surface area contributed by atoms with Crippen molar-refractivity contribution in [1.29, 1.82) is 0 Å². The third kappa shape index (κ3) is 4.39. The number of hydrogen-bond donors (Lipinski definition) is 1. The first-order valence-corrected chi connectivity index (χ1v) is 14.9. The standard InChI is InChI=1S/C32H40N6O/c1-21-6-5-13-38(16-21)17-23-14-27(35-28-22(2)9-10-26(23)28)29(39)34-25-8-4-7-24(15-25)32(18-31(19-32)11-12-31)30-36-33-20-37(30)3/h4,7-8,14-15,20-22H,5-6,9-13,16-19H2,1-3H3,(H,34,39)/t21-,22?/m0/s1. The number of rotatable bonds is 6. The van der Waals surface area contributed by atoms with Crippen molar-refractivity contribution in [2.45, 2.75) is 83.1 Å². The molecule has 4 aliphatic rings. The van der Waals surface area contributed by atoms with Gasteiger partial charge in [-0.1, -0.05) is 26.0 Å². The smallest absolute Gasteiger partial charge is 0.274 e. The number of carbonyl (C=O) groups excluding carboxylic acids is 1. The lowest BCUT2D eigenvalue weighted by atomic mass is 9.56. The molecule has 7 heteroatoms. The van der Waals surface area contributed by atoms with Crippen molar-refractivity contribution in [3.63, 3.8) is 0 Å². The van der Waals surface area contributed by atoms with Crippen molar-refractivity contribution in [2.24, 2.45) is 18.4 Å². The molecule has 2 atom stereocenters. The van der Waals surface area contributed by atoms with E-state index < -0.39 is 0 Å². The molecule has 39 heavy (non-hydrogen) atoms. The summed E-state index contributed by atoms with van der Waals surface area (Å²) in [4.78, 5) is 21.1. The topological polar surface area (TPSA) is 75.9 Å². The van der Waals surface area contributed by atoms with Crippen LogP contribution in [0.15, 0.2) is 36.7 Å². The van der Waals surface area contributed by atoms with Gasteiger partial charge in [0, 0.05) is 31.5 Å². The molecule has 7 nitrogen and oxygen atoms in total. The molecule has 204 valence electrons. The number of hydrogen-bond acceptors (Lipinski definition) is 5. The van der Waals surface area contributed by atoms with Gasteiger partial charge >= 0.3 is 0 Å². The lowest BCUT2D eigenvalue weighted by Gasteiger charge is -2.48. The number of pyridine rings is 1. The third-order valence-electron chi connectivity index (χ3n) is 10.0. The van der Waals surface area contributed by atoms with E-state index in [0.717, 1.165) is 68.4 Å². The van der Waals surface area contributed by atoms with Crippen LogP contribution in [0.4, 0.5) is 5.69 Å². The molecule has 0 radical (unpaired) electrons. The van der Waals surface area contributed by atoms with E-state index in [2.05, 4.69) is 63.1 Å². The van der Waals surface area contributed by atoms with Gasteiger partial charge in [-0.2, -0.15) is 0 Å². The van der Waals surface area contributed by atoms with E-state index in [4.69, 9.17) is 4.98 Å². The molecule has 3 aromatic rings. The summed E-state index contributed by atoms with van der Waals surface area (Å²) >= 11 is 0. The highest BCUT2D eigenvalue weighted by atomic mass is 16.1. The molecule has 1 N–H and O–H groups in total. The SMILES string of the molecule is CC1CCc2c(CN3CCC[C@H](C)C3)cc(C(=O)Nc3cccc(C4(c5nncn5C)CC5(CC5)C4)c3)nc21. The number of fused-ring (bicyclic) bond motifs is 1. The fraction of sp³-hybridized carbons (Fsp3) is 0.562. The third-order valence-corrected chi connectivity index (χ3v) is 10.0. The fourth-order valence-electron chi connectivity index (χ4n) is 7.83. The molecule has 1 spiro atoms. The first-order chi connectivity index (χ1) is 18.8. The maximum absolute atomic E-state index is 13.6. The zero-order chi connectivity index (χ0) is 26.8. The van der Waals surface area contributed by atoms with Crippen LogP contribution in [0.1, 0.15) is 103 Å². The Kier molecular flexibility index (Phi) is 5.92. The summed E-state index contributed by atoms with van der Waals surface area (Å²) in [6, 6.07) is 10.4. The molecule has 2 aromatic heterocycles. The Balaban J connectivity index is 1.16. The van der Waals surface area contributed by atoms with Crippen molar-refractivity contribution in [1.82, 2.24) is 24.6 Å². The highest BCUT2D eigenvalue weighted by molar-refractivity contribution is 6.03. The van der Waals surface area contributed by atoms with Crippen LogP contribution in [0.2, 0.25) is 0 Å². The average molecular weight is 525 g/mol. The molecule has 1 saturated heterocycles. The maximum Gasteiger partial charge on any atom is 0.274 e. The van der Waals surface area contributed by atoms with E-state index in [0.29, 0.717) is 17.0 Å². The van der Waals surface area contributed by atoms with E-state index in [9.17, 15) is 4.79 Å². The number of likely N-dealkylation sites (tertiary alicyclic amines) is 1. The zero-order valence-corrected chi connectivity index (χ0v) is 23.5. The van der Waals surface area contributed by atoms with Gasteiger partial charge in [0.25, 0.3) is 5.91 Å². The van der Waals surface area contributed by atoms with Crippen LogP contribution in [0.3, 0.4) is 0 Å². The summed E-state index contributed by atoms with van der Waals surface area (Å²) in [5.41, 5.74) is 6.72. The van der Waals surface area contributed by atoms with Gasteiger partial charge < -0.3 is 9.88 Å². The van der Waals surface area contributed by atoms with Crippen molar-refractivity contribution in [2.75, 3.05) is 18.4 Å². The Morgan fingerprint density at radius 1 is 1.15 bits per heavy atom. The molecule has 3 heterocycles. The number of carbonyl (C=O) groups is 1. The number of aryl methyl sites for hydroxylation is 1. The van der Waals surface area contributed by atoms with Crippen LogP contribution in [0.5, 0.6) is 0 Å². The Hall–Kier alpha value is -3.06. The molecular formula is C32H40N6O. The Bertz CT molecular complexity index is 1410. The minimum atomic E-state index is -0.136. The van der Waals surface area contributed by atoms with E-state index in [1.54, 1.807) is 6.33 Å². The van der Waals surface area contributed by atoms with Crippen molar-refractivity contribution in [3.05, 3.63) is 70.6 Å². The predicted molar refractivity (Wildman–Crippen MR) is 152 cm³/mol. The van der Waals surface area contributed by atoms with Crippen molar-refractivity contribution >= 4 is 11.6 Å². The molecule has 3 fully saturated rings. The van der Waals surface area contributed by atoms with Gasteiger partial charge in [0.15, 0.2) is 0 Å². The first kappa shape index (κ1) is 24.9. The first-order valence-electron chi connectivity index (χ1n) is 14.9. The van der Waals surface area contributed by atoms with Crippen molar-refractivity contribution < 1.29 is 4.79 Å². The van der Waals surface area contributed by atoms with Crippen LogP contribution in [0.25, 0.3) is 0 Å². The van der Waals surface area contributed by atoms with E-state index in [-0.39, 0.29) is 11.3 Å². The van der Waals surface area contributed by atoms with Gasteiger partial charge in [-0.3, -0.25) is 9.69 Å². The van der Waals surface area contributed by atoms with E-state index in [1.165, 1.54) is 42.4 Å². The van der Waals surface area contributed by atoms with Gasteiger partial charge in [-0.05, 0) is 110 Å². The number of aromatic nitrogens is 4. The number of benzene rings is 1. The second kappa shape index (κ2) is 9.26. The Morgan fingerprint density at radius 3 is 2.74 bits per heavy atom. The molecular weight excluding hydrogens is 484 g/mol. The minimum Gasteiger partial charge on any atom is -0.321 e. The molecule has 1 unspecified atom stereocenters. The minimum absolute atomic E-state index is 0.123. The van der Waals surface area contributed by atoms with Crippen LogP contribution in [0, 0.1) is 11.3 Å². The Labute approximate surface area is 231 Å². The van der Waals surface area contributed by atoms with Gasteiger partial charge in [0.2, 0.25) is 0 Å². The molecule has 1 amide bonds. The summed E-state index contributed by atoms with van der Waals surface area (Å²) in [7, 11) is 2.03. The maximum atomic E-state index is 13.6. The van der Waals surface area contributed by atoms with Crippen LogP contribution in [-0.4, -0.2) is 43.6 Å². The molecule has 1 aromatic carbocycles. The highest BCUT2D eigenvalue weighted by Gasteiger charge is 2.63. The van der Waals surface area contributed by atoms with Gasteiger partial charge in [-0.15, -0.1) is 10.2 Å². The lowest BCUT2D eigenvalue weighted by molar-refractivity contribution is 0.102. The summed E-state index contributed by atoms with van der Waals surface area (Å²) < 4.78 is 2.06. The summed E-state index contributed by atoms with van der Waals surface area (Å²) in [5, 5.41) is 11.9. The normalized spacial score (nSPS) is 24.8. The molecule has 0 bridgehead atoms. The highest BCUT2D eigenvalue weighted by Crippen LogP contribution is 2.70. The van der Waals surface area contributed by atoms with Gasteiger partial charge in [0.1, 0.15) is 17.8 Å². The number of amides is 1. The number of piperidine rings is 1. The summed E-state index contributed by atoms with van der Waals surface area (Å²) in [5.74, 6) is 2.03. The van der Waals surface area contributed by atoms with Crippen LogP contribution in [-0.2, 0) is 25.4 Å². The van der Waals surface area contributed by atoms with Crippen LogP contribution < -0.4 is 5.32 Å².